The molecule has 15 nitrogen and oxygen atoms in total. The first-order valence-corrected chi connectivity index (χ1v) is 24.8. The highest BCUT2D eigenvalue weighted by Gasteiger charge is 2.43. The smallest absolute Gasteiger partial charge is 0.410 e. The fraction of sp³-hybridized carbons (Fsp3) is 0.660. The minimum atomic E-state index is -0.947. The Kier molecular flexibility index (Phi) is 22.9. The normalized spacial score (nSPS) is 18.2. The second-order valence-electron chi connectivity index (χ2n) is 17.5. The van der Waals surface area contributed by atoms with Crippen molar-refractivity contribution < 1.29 is 43.3 Å². The maximum Gasteiger partial charge on any atom is 0.410 e. The van der Waals surface area contributed by atoms with Crippen molar-refractivity contribution in [2.24, 2.45) is 23.7 Å². The van der Waals surface area contributed by atoms with Gasteiger partial charge in [0.2, 0.25) is 23.6 Å². The summed E-state index contributed by atoms with van der Waals surface area (Å²) >= 11 is 0. The molecule has 1 aromatic heterocycles. The summed E-state index contributed by atoms with van der Waals surface area (Å²) in [6, 6.07) is 11.4. The number of aliphatic hydroxyl groups excluding tert-OH is 1. The third-order valence-corrected chi connectivity index (χ3v) is 14.5. The van der Waals surface area contributed by atoms with Crippen LogP contribution in [-0.4, -0.2) is 144 Å². The number of hydrogen-bond acceptors (Lipinski definition) is 12. The van der Waals surface area contributed by atoms with Crippen LogP contribution in [0.4, 0.5) is 4.79 Å². The Balaban J connectivity index is 1.71. The molecule has 3 rings (SSSR count). The molecule has 64 heavy (non-hydrogen) atoms. The Morgan fingerprint density at radius 2 is 1.56 bits per heavy atom. The van der Waals surface area contributed by atoms with E-state index in [0.717, 1.165) is 11.4 Å². The number of aromatic nitrogens is 1. The lowest BCUT2D eigenvalue weighted by molar-refractivity contribution is -0.148. The lowest BCUT2D eigenvalue weighted by atomic mass is 9.89. The van der Waals surface area contributed by atoms with Gasteiger partial charge in [-0.1, -0.05) is 102 Å². The summed E-state index contributed by atoms with van der Waals surface area (Å²) in [5.41, 5.74) is 0.694. The van der Waals surface area contributed by atoms with Crippen LogP contribution in [0.5, 0.6) is 0 Å². The summed E-state index contributed by atoms with van der Waals surface area (Å²) in [6.07, 6.45) is 0.869. The molecule has 358 valence electrons. The fourth-order valence-electron chi connectivity index (χ4n) is 8.45. The van der Waals surface area contributed by atoms with Crippen LogP contribution in [0.15, 0.2) is 59.8 Å². The van der Waals surface area contributed by atoms with Crippen molar-refractivity contribution in [3.05, 3.63) is 60.3 Å². The highest BCUT2D eigenvalue weighted by atomic mass is 33.1. The van der Waals surface area contributed by atoms with Crippen LogP contribution in [0.2, 0.25) is 0 Å². The van der Waals surface area contributed by atoms with Gasteiger partial charge in [0.25, 0.3) is 0 Å². The van der Waals surface area contributed by atoms with Gasteiger partial charge in [0.15, 0.2) is 0 Å². The molecule has 0 radical (unpaired) electrons. The van der Waals surface area contributed by atoms with Gasteiger partial charge in [-0.2, -0.15) is 0 Å². The quantitative estimate of drug-likeness (QED) is 0.0758. The van der Waals surface area contributed by atoms with Crippen LogP contribution < -0.4 is 10.6 Å². The van der Waals surface area contributed by atoms with E-state index in [-0.39, 0.29) is 54.5 Å². The summed E-state index contributed by atoms with van der Waals surface area (Å²) < 4.78 is 17.5. The molecule has 0 spiro atoms. The molecule has 0 bridgehead atoms. The van der Waals surface area contributed by atoms with E-state index in [9.17, 15) is 29.1 Å². The molecule has 1 aromatic carbocycles. The molecule has 1 unspecified atom stereocenters. The van der Waals surface area contributed by atoms with Crippen molar-refractivity contribution in [2.45, 2.75) is 135 Å². The maximum atomic E-state index is 14.5. The van der Waals surface area contributed by atoms with Gasteiger partial charge in [-0.05, 0) is 66.0 Å². The molecule has 1 saturated heterocycles. The predicted octanol–water partition coefficient (Wildman–Crippen LogP) is 6.21. The number of methoxy groups -OCH3 is 2. The van der Waals surface area contributed by atoms with Crippen LogP contribution in [0.25, 0.3) is 0 Å². The lowest BCUT2D eigenvalue weighted by Crippen LogP contribution is -2.60. The van der Waals surface area contributed by atoms with Gasteiger partial charge in [-0.25, -0.2) is 9.78 Å². The predicted molar refractivity (Wildman–Crippen MR) is 252 cm³/mol. The van der Waals surface area contributed by atoms with Gasteiger partial charge in [0.1, 0.15) is 23.7 Å². The Hall–Kier alpha value is -3.90. The van der Waals surface area contributed by atoms with Crippen molar-refractivity contribution in [3.8, 4) is 0 Å². The number of carbonyl (C=O) groups excluding carboxylic acids is 5. The molecule has 3 N–H and O–H groups in total. The summed E-state index contributed by atoms with van der Waals surface area (Å²) in [5.74, 6) is -2.14. The van der Waals surface area contributed by atoms with E-state index in [0.29, 0.717) is 30.7 Å². The van der Waals surface area contributed by atoms with E-state index < -0.39 is 60.4 Å². The summed E-state index contributed by atoms with van der Waals surface area (Å²) in [7, 11) is 9.26. The number of carbonyl (C=O) groups is 5. The van der Waals surface area contributed by atoms with Crippen LogP contribution in [-0.2, 0) is 33.4 Å². The number of likely N-dealkylation sites (N-methyl/N-ethyl adjacent to an activating group) is 2. The highest BCUT2D eigenvalue weighted by molar-refractivity contribution is 8.76. The maximum absolute atomic E-state index is 14.5. The zero-order chi connectivity index (χ0) is 47.7. The second kappa shape index (κ2) is 26.9. The highest BCUT2D eigenvalue weighted by Crippen LogP contribution is 2.31. The number of benzene rings is 1. The number of aliphatic hydroxyl groups is 1. The third-order valence-electron chi connectivity index (χ3n) is 12.3. The molecular formula is C47H74N6O9S2. The van der Waals surface area contributed by atoms with Crippen LogP contribution in [0.3, 0.4) is 0 Å². The molecule has 0 aliphatic carbocycles. The van der Waals surface area contributed by atoms with Crippen molar-refractivity contribution >= 4 is 51.3 Å². The monoisotopic (exact) mass is 930 g/mol. The number of hydrogen-bond donors (Lipinski definition) is 3. The zero-order valence-electron chi connectivity index (χ0n) is 39.9. The van der Waals surface area contributed by atoms with Crippen molar-refractivity contribution in [1.29, 1.82) is 0 Å². The molecule has 0 saturated carbocycles. The summed E-state index contributed by atoms with van der Waals surface area (Å²) in [6.45, 7) is 15.5. The number of pyridine rings is 1. The molecule has 2 aromatic rings. The summed E-state index contributed by atoms with van der Waals surface area (Å²) in [4.78, 5) is 78.5. The van der Waals surface area contributed by atoms with Crippen LogP contribution in [0.1, 0.15) is 92.7 Å². The number of likely N-dealkylation sites (tertiary alicyclic amines) is 1. The first-order chi connectivity index (χ1) is 30.4. The molecule has 10 atom stereocenters. The molecule has 1 aliphatic rings. The van der Waals surface area contributed by atoms with Crippen LogP contribution in [0, 0.1) is 23.7 Å². The molecule has 5 amide bonds. The SMILES string of the molecule is CC[C@H](C)[C@@H](C(CC(=O)N1CCC[C@H]1[C@H](OC)[C@@H](C)C(=O)N[C@H](C)[C@@H](O)c1ccccc1)OC)N(C)C(=O)[C@@H](NC(=O)[C@H](C(C)C)N(C)C(=O)OCCSSc1ccccn1)C(C)C. The average Bonchev–Trinajstić information content (AvgIpc) is 3.77. The average molecular weight is 931 g/mol. The van der Waals surface area contributed by atoms with E-state index in [1.54, 1.807) is 36.9 Å². The zero-order valence-corrected chi connectivity index (χ0v) is 41.5. The largest absolute Gasteiger partial charge is 0.448 e. The van der Waals surface area contributed by atoms with E-state index in [1.165, 1.54) is 47.8 Å². The number of ether oxygens (including phenoxy) is 3. The Bertz CT molecular complexity index is 1760. The number of rotatable bonds is 25. The van der Waals surface area contributed by atoms with Gasteiger partial charge < -0.3 is 39.8 Å². The van der Waals surface area contributed by atoms with E-state index in [2.05, 4.69) is 15.6 Å². The van der Waals surface area contributed by atoms with Crippen LogP contribution >= 0.6 is 21.6 Å². The molecule has 17 heteroatoms. The summed E-state index contributed by atoms with van der Waals surface area (Å²) in [5, 5.41) is 17.6. The van der Waals surface area contributed by atoms with Gasteiger partial charge in [0.05, 0.1) is 48.8 Å². The van der Waals surface area contributed by atoms with Gasteiger partial charge in [0, 0.05) is 46.8 Å². The van der Waals surface area contributed by atoms with Gasteiger partial charge >= 0.3 is 6.09 Å². The minimum Gasteiger partial charge on any atom is -0.448 e. The molecule has 2 heterocycles. The first kappa shape index (κ1) is 54.4. The number of amides is 5. The lowest BCUT2D eigenvalue weighted by Gasteiger charge is -2.41. The Morgan fingerprint density at radius 1 is 0.891 bits per heavy atom. The molecular weight excluding hydrogens is 857 g/mol. The number of nitrogens with one attached hydrogen (secondary N) is 2. The standard InChI is InChI=1S/C47H74N6O9S2/c1-13-31(6)41(36(60-11)28-38(54)53-25-19-22-35(53)43(61-12)32(7)44(56)49-33(8)42(55)34-20-15-14-16-21-34)51(9)46(58)39(29(2)3)50-45(57)40(30(4)5)52(10)47(59)62-26-27-63-64-37-23-17-18-24-48-37/h14-18,20-21,23-24,29-33,35-36,39-43,55H,13,19,22,25-28H2,1-12H3,(H,49,56)(H,50,57)/t31-,32+,33+,35-,36?,39-,40-,41-,42+,43+/m0/s1. The van der Waals surface area contributed by atoms with Crippen molar-refractivity contribution in [1.82, 2.24) is 30.3 Å². The fourth-order valence-corrected chi connectivity index (χ4v) is 10.2. The van der Waals surface area contributed by atoms with E-state index >= 15 is 0 Å². The van der Waals surface area contributed by atoms with Crippen molar-refractivity contribution in [2.75, 3.05) is 47.2 Å². The third kappa shape index (κ3) is 15.1. The Labute approximate surface area is 389 Å². The van der Waals surface area contributed by atoms with E-state index in [1.807, 2.05) is 90.1 Å². The molecule has 1 fully saturated rings. The Morgan fingerprint density at radius 3 is 2.14 bits per heavy atom. The topological polar surface area (TPSA) is 180 Å². The first-order valence-electron chi connectivity index (χ1n) is 22.4. The van der Waals surface area contributed by atoms with Crippen molar-refractivity contribution in [3.63, 3.8) is 0 Å². The molecule has 1 aliphatic heterocycles. The second-order valence-corrected chi connectivity index (χ2v) is 19.9. The number of nitrogens with zero attached hydrogens (tertiary/aromatic N) is 4. The van der Waals surface area contributed by atoms with E-state index in [4.69, 9.17) is 14.2 Å². The minimum absolute atomic E-state index is 0.0295. The van der Waals surface area contributed by atoms with Gasteiger partial charge in [-0.3, -0.25) is 24.1 Å². The van der Waals surface area contributed by atoms with Gasteiger partial charge in [-0.15, -0.1) is 0 Å².